The first-order chi connectivity index (χ1) is 12.2. The number of carboxylic acid groups (broad SMARTS) is 2. The van der Waals surface area contributed by atoms with Crippen LogP contribution in [-0.4, -0.2) is 43.0 Å². The molecule has 0 aliphatic heterocycles. The summed E-state index contributed by atoms with van der Waals surface area (Å²) in [6.45, 7) is 0. The van der Waals surface area contributed by atoms with Crippen LogP contribution in [0.15, 0.2) is 48.5 Å². The number of carbonyl (C=O) groups excluding carboxylic acids is 1. The predicted molar refractivity (Wildman–Crippen MR) is 96.5 cm³/mol. The zero-order valence-electron chi connectivity index (χ0n) is 13.5. The van der Waals surface area contributed by atoms with Gasteiger partial charge in [-0.15, -0.1) is 0 Å². The molecule has 0 fully saturated rings. The van der Waals surface area contributed by atoms with E-state index in [0.29, 0.717) is 12.0 Å². The van der Waals surface area contributed by atoms with Gasteiger partial charge in [0.25, 0.3) is 0 Å². The van der Waals surface area contributed by atoms with Gasteiger partial charge in [0.1, 0.15) is 4.86 Å². The van der Waals surface area contributed by atoms with Crippen molar-refractivity contribution in [1.29, 1.82) is 0 Å². The van der Waals surface area contributed by atoms with Crippen LogP contribution >= 0.6 is 12.2 Å². The van der Waals surface area contributed by atoms with Gasteiger partial charge in [-0.2, -0.15) is 0 Å². The topological polar surface area (TPSA) is 132 Å². The van der Waals surface area contributed by atoms with Crippen molar-refractivity contribution in [2.45, 2.75) is 12.8 Å². The maximum absolute atomic E-state index is 10.8. The van der Waals surface area contributed by atoms with E-state index >= 15 is 0 Å². The third-order valence-electron chi connectivity index (χ3n) is 3.09. The van der Waals surface area contributed by atoms with E-state index in [0.717, 1.165) is 11.6 Å². The van der Waals surface area contributed by atoms with Crippen LogP contribution in [0, 0.1) is 0 Å². The van der Waals surface area contributed by atoms with Crippen LogP contribution in [0.3, 0.4) is 0 Å². The fraction of sp³-hybridized carbons (Fsp3) is 0.111. The van der Waals surface area contributed by atoms with Crippen molar-refractivity contribution in [3.63, 3.8) is 0 Å². The SMILES string of the molecule is O=C(O)C(=O)Cc1ccc(O)c(O)c1.O=C(O)C(=S)Cc1ccccc1. The second kappa shape index (κ2) is 9.90. The standard InChI is InChI=1S/C9H8O5.C9H8O2S/c10-6-2-1-5(3-7(6)11)4-8(12)9(13)14;10-9(11)8(12)6-7-4-2-1-3-5-7/h1-3,10-11H,4H2,(H,13,14);1-5H,6H2,(H,10,11). The summed E-state index contributed by atoms with van der Waals surface area (Å²) in [4.78, 5) is 31.4. The fourth-order valence-corrected chi connectivity index (χ4v) is 1.96. The molecule has 4 N–H and O–H groups in total. The normalized spacial score (nSPS) is 9.54. The van der Waals surface area contributed by atoms with Gasteiger partial charge < -0.3 is 20.4 Å². The Kier molecular flexibility index (Phi) is 7.91. The second-order valence-electron chi connectivity index (χ2n) is 5.12. The van der Waals surface area contributed by atoms with Crippen molar-refractivity contribution in [2.75, 3.05) is 0 Å². The molecule has 0 aliphatic carbocycles. The van der Waals surface area contributed by atoms with Gasteiger partial charge >= 0.3 is 11.9 Å². The molecular weight excluding hydrogens is 360 g/mol. The minimum absolute atomic E-state index is 0.0567. The van der Waals surface area contributed by atoms with Gasteiger partial charge in [0.15, 0.2) is 11.5 Å². The van der Waals surface area contributed by atoms with E-state index in [-0.39, 0.29) is 22.8 Å². The number of rotatable bonds is 6. The van der Waals surface area contributed by atoms with Crippen molar-refractivity contribution in [3.05, 3.63) is 59.7 Å². The summed E-state index contributed by atoms with van der Waals surface area (Å²) >= 11 is 4.66. The molecular formula is C18H16O7S. The van der Waals surface area contributed by atoms with Crippen molar-refractivity contribution in [2.24, 2.45) is 0 Å². The Balaban J connectivity index is 0.000000263. The van der Waals surface area contributed by atoms with E-state index in [4.69, 9.17) is 20.4 Å². The van der Waals surface area contributed by atoms with Gasteiger partial charge in [0.2, 0.25) is 5.78 Å². The van der Waals surface area contributed by atoms with E-state index in [1.54, 1.807) is 0 Å². The number of hydrogen-bond acceptors (Lipinski definition) is 6. The summed E-state index contributed by atoms with van der Waals surface area (Å²) in [7, 11) is 0. The molecule has 0 bridgehead atoms. The Bertz CT molecular complexity index is 816. The molecule has 26 heavy (non-hydrogen) atoms. The Morgan fingerprint density at radius 2 is 1.38 bits per heavy atom. The zero-order chi connectivity index (χ0) is 19.7. The molecule has 136 valence electrons. The molecule has 0 atom stereocenters. The zero-order valence-corrected chi connectivity index (χ0v) is 14.3. The van der Waals surface area contributed by atoms with Gasteiger partial charge in [-0.25, -0.2) is 9.59 Å². The Morgan fingerprint density at radius 3 is 1.88 bits per heavy atom. The molecule has 0 unspecified atom stereocenters. The molecule has 0 saturated carbocycles. The van der Waals surface area contributed by atoms with Gasteiger partial charge in [0, 0.05) is 12.8 Å². The van der Waals surface area contributed by atoms with Crippen molar-refractivity contribution >= 4 is 34.8 Å². The van der Waals surface area contributed by atoms with Gasteiger partial charge in [-0.05, 0) is 23.3 Å². The van der Waals surface area contributed by atoms with Gasteiger partial charge in [-0.1, -0.05) is 48.6 Å². The lowest BCUT2D eigenvalue weighted by molar-refractivity contribution is -0.148. The number of ketones is 1. The first-order valence-electron chi connectivity index (χ1n) is 7.27. The average molecular weight is 376 g/mol. The summed E-state index contributed by atoms with van der Waals surface area (Å²) in [5.41, 5.74) is 1.28. The molecule has 2 aromatic carbocycles. The van der Waals surface area contributed by atoms with E-state index in [1.807, 2.05) is 30.3 Å². The Morgan fingerprint density at radius 1 is 0.769 bits per heavy atom. The number of Topliss-reactive ketones (excluding diaryl/α,β-unsaturated/α-hetero) is 1. The van der Waals surface area contributed by atoms with E-state index in [9.17, 15) is 14.4 Å². The first kappa shape index (κ1) is 20.8. The van der Waals surface area contributed by atoms with Gasteiger partial charge in [0.05, 0.1) is 0 Å². The molecule has 0 aromatic heterocycles. The van der Waals surface area contributed by atoms with E-state index in [2.05, 4.69) is 12.2 Å². The average Bonchev–Trinajstić information content (AvgIpc) is 2.59. The number of thiocarbonyl (C=S) groups is 1. The van der Waals surface area contributed by atoms with E-state index < -0.39 is 17.7 Å². The van der Waals surface area contributed by atoms with Crippen molar-refractivity contribution in [1.82, 2.24) is 0 Å². The summed E-state index contributed by atoms with van der Waals surface area (Å²) in [5.74, 6) is -4.17. The van der Waals surface area contributed by atoms with Crippen LogP contribution < -0.4 is 0 Å². The highest BCUT2D eigenvalue weighted by atomic mass is 32.1. The lowest BCUT2D eigenvalue weighted by Gasteiger charge is -2.00. The monoisotopic (exact) mass is 376 g/mol. The number of aromatic hydroxyl groups is 2. The van der Waals surface area contributed by atoms with Crippen LogP contribution in [0.25, 0.3) is 0 Å². The lowest BCUT2D eigenvalue weighted by Crippen LogP contribution is -2.14. The van der Waals surface area contributed by atoms with Crippen LogP contribution in [0.2, 0.25) is 0 Å². The van der Waals surface area contributed by atoms with Crippen molar-refractivity contribution < 1.29 is 34.8 Å². The van der Waals surface area contributed by atoms with Crippen LogP contribution in [0.4, 0.5) is 0 Å². The smallest absolute Gasteiger partial charge is 0.372 e. The summed E-state index contributed by atoms with van der Waals surface area (Å²) < 4.78 is 0. The molecule has 2 rings (SSSR count). The Hall–Kier alpha value is -3.26. The number of phenolic OH excluding ortho intramolecular Hbond substituents is 2. The highest BCUT2D eigenvalue weighted by Crippen LogP contribution is 2.24. The lowest BCUT2D eigenvalue weighted by atomic mass is 10.1. The number of carboxylic acids is 2. The molecule has 0 heterocycles. The first-order valence-corrected chi connectivity index (χ1v) is 7.68. The number of hydrogen-bond donors (Lipinski definition) is 4. The molecule has 0 spiro atoms. The third-order valence-corrected chi connectivity index (χ3v) is 3.41. The number of aliphatic carboxylic acids is 2. The summed E-state index contributed by atoms with van der Waals surface area (Å²) in [5, 5.41) is 34.8. The fourth-order valence-electron chi connectivity index (χ4n) is 1.80. The van der Waals surface area contributed by atoms with Crippen LogP contribution in [0.1, 0.15) is 11.1 Å². The third kappa shape index (κ3) is 7.10. The number of phenols is 2. The van der Waals surface area contributed by atoms with Crippen LogP contribution in [0.5, 0.6) is 11.5 Å². The molecule has 0 saturated heterocycles. The maximum Gasteiger partial charge on any atom is 0.372 e. The molecule has 2 aromatic rings. The van der Waals surface area contributed by atoms with Crippen molar-refractivity contribution in [3.8, 4) is 11.5 Å². The minimum atomic E-state index is -1.52. The second-order valence-corrected chi connectivity index (χ2v) is 5.61. The molecule has 0 amide bonds. The van der Waals surface area contributed by atoms with E-state index in [1.165, 1.54) is 12.1 Å². The quantitative estimate of drug-likeness (QED) is 0.342. The highest BCUT2D eigenvalue weighted by molar-refractivity contribution is 7.82. The van der Waals surface area contributed by atoms with Crippen LogP contribution in [-0.2, 0) is 27.2 Å². The highest BCUT2D eigenvalue weighted by Gasteiger charge is 2.12. The molecule has 0 radical (unpaired) electrons. The maximum atomic E-state index is 10.8. The summed E-state index contributed by atoms with van der Waals surface area (Å²) in [6.07, 6.45) is 0.0364. The molecule has 0 aliphatic rings. The molecule has 8 heteroatoms. The predicted octanol–water partition coefficient (Wildman–Crippen LogP) is 1.98. The number of benzene rings is 2. The molecule has 7 nitrogen and oxygen atoms in total. The largest absolute Gasteiger partial charge is 0.504 e. The number of carbonyl (C=O) groups is 3. The van der Waals surface area contributed by atoms with Gasteiger partial charge in [-0.3, -0.25) is 4.79 Å². The Labute approximate surface area is 154 Å². The summed E-state index contributed by atoms with van der Waals surface area (Å²) in [6, 6.07) is 13.0. The minimum Gasteiger partial charge on any atom is -0.504 e.